The molecule has 1 heterocycles. The third kappa shape index (κ3) is 60.6. The predicted octanol–water partition coefficient (Wildman–Crippen LogP) is 1.03. The number of ether oxygens (including phenoxy) is 15. The van der Waals surface area contributed by atoms with Crippen molar-refractivity contribution in [2.75, 3.05) is 191 Å². The van der Waals surface area contributed by atoms with Gasteiger partial charge in [0.25, 0.3) is 11.8 Å². The van der Waals surface area contributed by atoms with Crippen molar-refractivity contribution >= 4 is 77.2 Å². The molecular formula is C75H131N9O29. The summed E-state index contributed by atoms with van der Waals surface area (Å²) in [6.45, 7) is 26.7. The van der Waals surface area contributed by atoms with Crippen LogP contribution in [0.1, 0.15) is 153 Å². The average molecular weight is 1620 g/mol. The molecular weight excluding hydrogens is 1490 g/mol. The zero-order valence-electron chi connectivity index (χ0n) is 68.4. The molecule has 0 unspecified atom stereocenters. The van der Waals surface area contributed by atoms with E-state index in [9.17, 15) is 67.4 Å². The van der Waals surface area contributed by atoms with Crippen molar-refractivity contribution in [1.82, 2.24) is 47.4 Å². The highest BCUT2D eigenvalue weighted by molar-refractivity contribution is 6.12. The number of hydrogen-bond acceptors (Lipinski definition) is 28. The van der Waals surface area contributed by atoms with Crippen LogP contribution in [0.2, 0.25) is 0 Å². The van der Waals surface area contributed by atoms with Gasteiger partial charge in [-0.05, 0) is 107 Å². The second-order valence-corrected chi connectivity index (χ2v) is 28.9. The molecule has 0 aromatic carbocycles. The molecule has 1 rings (SSSR count). The van der Waals surface area contributed by atoms with Gasteiger partial charge in [0.05, 0.1) is 159 Å². The fourth-order valence-electron chi connectivity index (χ4n) is 9.51. The van der Waals surface area contributed by atoms with Crippen LogP contribution in [0.25, 0.3) is 0 Å². The number of aliphatic carboxylic acids is 1. The first-order chi connectivity index (χ1) is 53.7. The van der Waals surface area contributed by atoms with Crippen LogP contribution in [-0.2, 0) is 129 Å². The summed E-state index contributed by atoms with van der Waals surface area (Å²) in [7, 11) is 0. The number of rotatable bonds is 69. The van der Waals surface area contributed by atoms with Crippen molar-refractivity contribution in [3.05, 3.63) is 12.2 Å². The Bertz CT molecular complexity index is 2780. The third-order valence-electron chi connectivity index (χ3n) is 15.0. The van der Waals surface area contributed by atoms with Gasteiger partial charge >= 0.3 is 29.9 Å². The summed E-state index contributed by atoms with van der Waals surface area (Å²) >= 11 is 0. The van der Waals surface area contributed by atoms with Crippen LogP contribution >= 0.6 is 0 Å². The van der Waals surface area contributed by atoms with Crippen LogP contribution in [0.3, 0.4) is 0 Å². The lowest BCUT2D eigenvalue weighted by atomic mass is 10.0. The minimum Gasteiger partial charge on any atom is -0.480 e. The summed E-state index contributed by atoms with van der Waals surface area (Å²) in [6.07, 6.45) is 3.32. The molecule has 38 nitrogen and oxygen atoms in total. The van der Waals surface area contributed by atoms with E-state index in [4.69, 9.17) is 71.1 Å². The highest BCUT2D eigenvalue weighted by Crippen LogP contribution is 2.16. The molecule has 0 fully saturated rings. The number of carbonyl (C=O) groups excluding carboxylic acids is 12. The molecule has 1 aliphatic rings. The Kier molecular flexibility index (Phi) is 57.4. The van der Waals surface area contributed by atoms with E-state index in [0.717, 1.165) is 17.1 Å². The van der Waals surface area contributed by atoms with E-state index in [2.05, 4.69) is 42.5 Å². The quantitative estimate of drug-likeness (QED) is 0.0178. The summed E-state index contributed by atoms with van der Waals surface area (Å²) < 4.78 is 82.2. The monoisotopic (exact) mass is 1620 g/mol. The van der Waals surface area contributed by atoms with Crippen molar-refractivity contribution < 1.29 is 138 Å². The Balaban J connectivity index is 1.96. The second kappa shape index (κ2) is 62.7. The van der Waals surface area contributed by atoms with Gasteiger partial charge in [0.2, 0.25) is 35.4 Å². The zero-order chi connectivity index (χ0) is 84.1. The van der Waals surface area contributed by atoms with Gasteiger partial charge < -0.3 is 119 Å². The van der Waals surface area contributed by atoms with E-state index in [1.165, 1.54) is 0 Å². The number of hydrogen-bond donors (Lipinski definition) is 9. The Morgan fingerprint density at radius 1 is 0.354 bits per heavy atom. The summed E-state index contributed by atoms with van der Waals surface area (Å²) in [5.74, 6) is -6.85. The van der Waals surface area contributed by atoms with Crippen LogP contribution < -0.4 is 42.5 Å². The molecule has 0 aromatic heterocycles. The number of carbonyl (C=O) groups is 13. The molecule has 0 bridgehead atoms. The number of carboxylic acids is 1. The van der Waals surface area contributed by atoms with Gasteiger partial charge in [-0.15, -0.1) is 0 Å². The van der Waals surface area contributed by atoms with Gasteiger partial charge in [0.1, 0.15) is 41.0 Å². The number of nitrogens with zero attached hydrogens (tertiary/aromatic N) is 1. The number of nitrogens with one attached hydrogen (secondary N) is 8. The highest BCUT2D eigenvalue weighted by atomic mass is 16.6. The number of amides is 10. The molecule has 0 saturated heterocycles. The fourth-order valence-corrected chi connectivity index (χ4v) is 9.51. The van der Waals surface area contributed by atoms with Crippen LogP contribution in [0, 0.1) is 5.92 Å². The summed E-state index contributed by atoms with van der Waals surface area (Å²) in [4.78, 5) is 163. The first kappa shape index (κ1) is 103. The highest BCUT2D eigenvalue weighted by Gasteiger charge is 2.33. The number of unbranched alkanes of at least 4 members (excludes halogenated alkanes) is 1. The molecule has 9 N–H and O–H groups in total. The van der Waals surface area contributed by atoms with E-state index in [1.54, 1.807) is 76.2 Å². The summed E-state index contributed by atoms with van der Waals surface area (Å²) in [5.41, 5.74) is -2.56. The Labute approximate surface area is 664 Å². The standard InChI is InChI=1S/C75H131N9O29/c1-55(2)67(69(94)95)83-68(93)56(80-63(89)16-14-30-84-64(90)20-21-65(84)91)15-12-13-26-76-60(86)23-31-99-37-43-105-49-53-109-47-41-103-35-28-78-62(88)25-33-101-39-45-107-51-54-110-48-42-104-36-29-79-61(87)24-32-100-38-44-106-50-52-108-46-40-102-34-27-77-59(85)19-17-57(70(96)112-74(6,7)8)81-72(98)82-58(71(97)113-75(9,10)11)18-22-66(92)111-73(3,4)5/h20-21,55-58,67H,12-19,22-54H2,1-11H3,(H,76,86)(H,77,85)(H,78,88)(H,79,87)(H,80,89)(H,83,93)(H,94,95)(H2,81,82,98)/t56-,57-,58-,67-/m0/s1. The Morgan fingerprint density at radius 2 is 0.681 bits per heavy atom. The van der Waals surface area contributed by atoms with Gasteiger partial charge in [0.15, 0.2) is 0 Å². The number of urea groups is 1. The van der Waals surface area contributed by atoms with Crippen molar-refractivity contribution in [1.29, 1.82) is 0 Å². The van der Waals surface area contributed by atoms with Gasteiger partial charge in [-0.2, -0.15) is 0 Å². The zero-order valence-corrected chi connectivity index (χ0v) is 68.4. The van der Waals surface area contributed by atoms with Crippen molar-refractivity contribution in [3.63, 3.8) is 0 Å². The molecule has 0 spiro atoms. The van der Waals surface area contributed by atoms with Gasteiger partial charge in [-0.1, -0.05) is 13.8 Å². The summed E-state index contributed by atoms with van der Waals surface area (Å²) in [5, 5.41) is 30.7. The van der Waals surface area contributed by atoms with E-state index >= 15 is 0 Å². The van der Waals surface area contributed by atoms with Crippen molar-refractivity contribution in [2.24, 2.45) is 5.92 Å². The van der Waals surface area contributed by atoms with Crippen molar-refractivity contribution in [2.45, 2.75) is 194 Å². The lowest BCUT2D eigenvalue weighted by Gasteiger charge is -2.27. The first-order valence-corrected chi connectivity index (χ1v) is 38.8. The maximum atomic E-state index is 13.2. The Hall–Kier alpha value is -7.63. The average Bonchev–Trinajstić information content (AvgIpc) is 1.06. The lowest BCUT2D eigenvalue weighted by molar-refractivity contribution is -0.159. The van der Waals surface area contributed by atoms with E-state index < -0.39 is 106 Å². The normalized spacial score (nSPS) is 13.4. The Morgan fingerprint density at radius 3 is 1.03 bits per heavy atom. The van der Waals surface area contributed by atoms with Crippen LogP contribution in [0.5, 0.6) is 0 Å². The minimum absolute atomic E-state index is 0.0331. The maximum Gasteiger partial charge on any atom is 0.329 e. The SMILES string of the molecule is CC(C)[C@H](NC(=O)[C@H](CCCCNC(=O)CCOCCOCCOCCOCCNC(=O)CCOCCOCCOCCOCCNC(=O)CCOCCOCCOCCOCCNC(=O)CC[C@H](NC(=O)N[C@@H](CCC(=O)OC(C)(C)C)C(=O)OC(C)(C)C)C(=O)OC(C)(C)C)NC(=O)CCCN1C(=O)C=CC1=O)C(=O)O. The second-order valence-electron chi connectivity index (χ2n) is 28.9. The molecule has 10 amide bonds. The van der Waals surface area contributed by atoms with Gasteiger partial charge in [-0.3, -0.25) is 48.1 Å². The molecule has 113 heavy (non-hydrogen) atoms. The van der Waals surface area contributed by atoms with Gasteiger partial charge in [0, 0.05) is 83.4 Å². The number of carboxylic acid groups (broad SMARTS) is 1. The molecule has 650 valence electrons. The molecule has 0 aromatic rings. The molecule has 38 heteroatoms. The lowest BCUT2D eigenvalue weighted by Crippen LogP contribution is -2.53. The predicted molar refractivity (Wildman–Crippen MR) is 406 cm³/mol. The number of imide groups is 1. The van der Waals surface area contributed by atoms with Crippen LogP contribution in [0.4, 0.5) is 4.79 Å². The van der Waals surface area contributed by atoms with E-state index in [1.807, 2.05) is 0 Å². The molecule has 4 atom stereocenters. The molecule has 0 saturated carbocycles. The minimum atomic E-state index is -1.26. The fraction of sp³-hybridized carbons (Fsp3) is 0.800. The first-order valence-electron chi connectivity index (χ1n) is 38.8. The number of esters is 3. The van der Waals surface area contributed by atoms with Crippen LogP contribution in [0.15, 0.2) is 12.2 Å². The molecule has 0 aliphatic carbocycles. The maximum absolute atomic E-state index is 13.2. The smallest absolute Gasteiger partial charge is 0.329 e. The van der Waals surface area contributed by atoms with E-state index in [0.29, 0.717) is 145 Å². The summed E-state index contributed by atoms with van der Waals surface area (Å²) in [6, 6.07) is -5.64. The van der Waals surface area contributed by atoms with E-state index in [-0.39, 0.29) is 141 Å². The third-order valence-corrected chi connectivity index (χ3v) is 15.0. The molecule has 1 aliphatic heterocycles. The van der Waals surface area contributed by atoms with Crippen LogP contribution in [-0.4, -0.2) is 319 Å². The largest absolute Gasteiger partial charge is 0.480 e. The van der Waals surface area contributed by atoms with Gasteiger partial charge in [-0.25, -0.2) is 19.2 Å². The van der Waals surface area contributed by atoms with Crippen molar-refractivity contribution in [3.8, 4) is 0 Å². The molecule has 0 radical (unpaired) electrons. The topological polar surface area (TPSA) is 480 Å².